The van der Waals surface area contributed by atoms with Crippen molar-refractivity contribution in [2.45, 2.75) is 19.9 Å². The highest BCUT2D eigenvalue weighted by molar-refractivity contribution is 5.85. The van der Waals surface area contributed by atoms with E-state index in [1.165, 1.54) is 18.3 Å². The number of anilines is 1. The van der Waals surface area contributed by atoms with E-state index >= 15 is 0 Å². The third-order valence-electron chi connectivity index (χ3n) is 5.72. The minimum atomic E-state index is -0.463. The maximum absolute atomic E-state index is 14.0. The fourth-order valence-electron chi connectivity index (χ4n) is 3.98. The highest BCUT2D eigenvalue weighted by Gasteiger charge is 2.21. The number of aryl methyl sites for hydroxylation is 1. The van der Waals surface area contributed by atoms with Crippen molar-refractivity contribution in [3.63, 3.8) is 0 Å². The molecular weight excluding hydrogens is 438 g/mol. The number of rotatable bonds is 5. The number of nitrogens with zero attached hydrogens (tertiary/aromatic N) is 7. The lowest BCUT2D eigenvalue weighted by Crippen LogP contribution is -2.26. The first-order chi connectivity index (χ1) is 16.4. The maximum atomic E-state index is 14.0. The fourth-order valence-corrected chi connectivity index (χ4v) is 3.98. The summed E-state index contributed by atoms with van der Waals surface area (Å²) in [7, 11) is 1.95. The summed E-state index contributed by atoms with van der Waals surface area (Å²) >= 11 is 0. The maximum Gasteiger partial charge on any atom is 0.166 e. The van der Waals surface area contributed by atoms with E-state index in [-0.39, 0.29) is 11.6 Å². The second kappa shape index (κ2) is 8.62. The summed E-state index contributed by atoms with van der Waals surface area (Å²) < 4.78 is 29.5. The summed E-state index contributed by atoms with van der Waals surface area (Å²) in [6, 6.07) is 2.85. The second-order valence-corrected chi connectivity index (χ2v) is 8.06. The molecule has 4 aromatic heterocycles. The lowest BCUT2D eigenvalue weighted by Gasteiger charge is -2.28. The van der Waals surface area contributed by atoms with Crippen LogP contribution in [-0.2, 0) is 13.0 Å². The van der Waals surface area contributed by atoms with Crippen LogP contribution in [0.3, 0.4) is 0 Å². The minimum Gasteiger partial charge on any atom is -0.382 e. The van der Waals surface area contributed by atoms with Crippen LogP contribution in [0.15, 0.2) is 54.8 Å². The van der Waals surface area contributed by atoms with Gasteiger partial charge in [0.2, 0.25) is 0 Å². The summed E-state index contributed by atoms with van der Waals surface area (Å²) in [5.41, 5.74) is 10.4. The van der Waals surface area contributed by atoms with Crippen LogP contribution in [0.4, 0.5) is 14.6 Å². The van der Waals surface area contributed by atoms with E-state index in [4.69, 9.17) is 5.73 Å². The zero-order valence-electron chi connectivity index (χ0n) is 18.7. The van der Waals surface area contributed by atoms with Crippen molar-refractivity contribution >= 4 is 22.6 Å². The quantitative estimate of drug-likeness (QED) is 0.486. The van der Waals surface area contributed by atoms with Crippen molar-refractivity contribution < 1.29 is 8.78 Å². The second-order valence-electron chi connectivity index (χ2n) is 8.06. The summed E-state index contributed by atoms with van der Waals surface area (Å²) in [6.45, 7) is 2.92. The van der Waals surface area contributed by atoms with E-state index in [1.54, 1.807) is 12.4 Å². The number of hydrogen-bond donors (Lipinski definition) is 1. The molecule has 0 saturated carbocycles. The molecule has 0 aromatic carbocycles. The minimum absolute atomic E-state index is 0.276. The molecule has 0 unspecified atom stereocenters. The Hall–Kier alpha value is -4.21. The number of imidazole rings is 1. The first-order valence-corrected chi connectivity index (χ1v) is 10.8. The number of likely N-dealkylation sites (N-methyl/N-ethyl adjacent to an activating group) is 1. The van der Waals surface area contributed by atoms with Crippen molar-refractivity contribution in [2.75, 3.05) is 19.3 Å². The molecule has 0 radical (unpaired) electrons. The van der Waals surface area contributed by atoms with E-state index in [0.717, 1.165) is 23.0 Å². The third-order valence-corrected chi connectivity index (χ3v) is 5.72. The van der Waals surface area contributed by atoms with Crippen LogP contribution in [0.2, 0.25) is 0 Å². The predicted molar refractivity (Wildman–Crippen MR) is 125 cm³/mol. The molecule has 1 aliphatic rings. The number of nitrogen functional groups attached to an aromatic ring is 1. The molecule has 2 N–H and O–H groups in total. The summed E-state index contributed by atoms with van der Waals surface area (Å²) in [5, 5.41) is 0. The average molecular weight is 460 g/mol. The molecule has 10 heteroatoms. The number of hydrogen-bond acceptors (Lipinski definition) is 7. The van der Waals surface area contributed by atoms with Crippen LogP contribution in [0.1, 0.15) is 18.3 Å². The van der Waals surface area contributed by atoms with Gasteiger partial charge in [-0.05, 0) is 23.8 Å². The van der Waals surface area contributed by atoms with Gasteiger partial charge in [0.15, 0.2) is 17.0 Å². The topological polar surface area (TPSA) is 98.6 Å². The van der Waals surface area contributed by atoms with Gasteiger partial charge in [-0.3, -0.25) is 9.97 Å². The van der Waals surface area contributed by atoms with Crippen molar-refractivity contribution in [3.05, 3.63) is 77.8 Å². The van der Waals surface area contributed by atoms with Gasteiger partial charge in [0.05, 0.1) is 18.9 Å². The monoisotopic (exact) mass is 460 g/mol. The van der Waals surface area contributed by atoms with Gasteiger partial charge in [-0.1, -0.05) is 13.0 Å². The van der Waals surface area contributed by atoms with Gasteiger partial charge >= 0.3 is 0 Å². The lowest BCUT2D eigenvalue weighted by atomic mass is 10.0. The highest BCUT2D eigenvalue weighted by atomic mass is 19.1. The number of fused-ring (bicyclic) bond motifs is 1. The van der Waals surface area contributed by atoms with Crippen LogP contribution < -0.4 is 5.73 Å². The molecule has 8 nitrogen and oxygen atoms in total. The Kier molecular flexibility index (Phi) is 5.48. The molecule has 1 aliphatic heterocycles. The number of allylic oxidation sites excluding steroid dienone is 3. The Bertz CT molecular complexity index is 1460. The van der Waals surface area contributed by atoms with Crippen LogP contribution in [-0.4, -0.2) is 48.0 Å². The fraction of sp³-hybridized carbons (Fsp3) is 0.208. The molecule has 0 bridgehead atoms. The van der Waals surface area contributed by atoms with E-state index in [9.17, 15) is 8.78 Å². The largest absolute Gasteiger partial charge is 0.382 e. The molecule has 0 aliphatic carbocycles. The molecule has 172 valence electrons. The van der Waals surface area contributed by atoms with Crippen LogP contribution in [0.5, 0.6) is 0 Å². The SMILES string of the molecule is CCc1nc(N)c2nc(-c3cncc(F)c3)n(CC3=CC=C(c4cncc(F)c4)CN3C)c2n1. The van der Waals surface area contributed by atoms with Gasteiger partial charge in [-0.15, -0.1) is 0 Å². The lowest BCUT2D eigenvalue weighted by molar-refractivity contribution is 0.435. The molecule has 0 saturated heterocycles. The van der Waals surface area contributed by atoms with Crippen molar-refractivity contribution in [1.82, 2.24) is 34.4 Å². The van der Waals surface area contributed by atoms with Crippen molar-refractivity contribution in [2.24, 2.45) is 0 Å². The standard InChI is InChI=1S/C24H22F2N8/c1-3-20-30-22(27)21-24(31-20)34(23(32-21)16-7-18(26)11-29-9-16)13-19-5-4-14(12-33(19)2)15-6-17(25)10-28-8-15/h4-11H,3,12-13H2,1-2H3,(H2,27,30,31). The van der Waals surface area contributed by atoms with Crippen LogP contribution in [0.25, 0.3) is 28.1 Å². The Morgan fingerprint density at radius 1 is 0.941 bits per heavy atom. The number of aromatic nitrogens is 6. The Morgan fingerprint density at radius 3 is 2.32 bits per heavy atom. The van der Waals surface area contributed by atoms with Crippen LogP contribution in [0, 0.1) is 11.6 Å². The smallest absolute Gasteiger partial charge is 0.166 e. The van der Waals surface area contributed by atoms with E-state index in [1.807, 2.05) is 30.7 Å². The molecule has 5 heterocycles. The number of pyridine rings is 2. The molecule has 0 fully saturated rings. The molecule has 34 heavy (non-hydrogen) atoms. The Labute approximate surface area is 194 Å². The van der Waals surface area contributed by atoms with Crippen molar-refractivity contribution in [3.8, 4) is 11.4 Å². The number of nitrogens with two attached hydrogens (primary N) is 1. The summed E-state index contributed by atoms with van der Waals surface area (Å²) in [5.74, 6) is 0.530. The first kappa shape index (κ1) is 21.6. The van der Waals surface area contributed by atoms with E-state index < -0.39 is 5.82 Å². The van der Waals surface area contributed by atoms with Gasteiger partial charge in [0.1, 0.15) is 23.3 Å². The van der Waals surface area contributed by atoms with Crippen molar-refractivity contribution in [1.29, 1.82) is 0 Å². The van der Waals surface area contributed by atoms with Gasteiger partial charge in [0, 0.05) is 49.2 Å². The molecule has 0 amide bonds. The van der Waals surface area contributed by atoms with E-state index in [0.29, 0.717) is 47.9 Å². The highest BCUT2D eigenvalue weighted by Crippen LogP contribution is 2.29. The van der Waals surface area contributed by atoms with E-state index in [2.05, 4.69) is 29.8 Å². The number of halogens is 2. The van der Waals surface area contributed by atoms with Gasteiger partial charge < -0.3 is 15.2 Å². The molecule has 0 atom stereocenters. The van der Waals surface area contributed by atoms with Crippen LogP contribution >= 0.6 is 0 Å². The summed E-state index contributed by atoms with van der Waals surface area (Å²) in [6.07, 6.45) is 10.1. The van der Waals surface area contributed by atoms with Gasteiger partial charge in [-0.25, -0.2) is 23.7 Å². The first-order valence-electron chi connectivity index (χ1n) is 10.8. The molecule has 0 spiro atoms. The third kappa shape index (κ3) is 3.98. The molecule has 4 aromatic rings. The normalized spacial score (nSPS) is 13.8. The average Bonchev–Trinajstić information content (AvgIpc) is 3.19. The zero-order chi connectivity index (χ0) is 23.8. The van der Waals surface area contributed by atoms with Gasteiger partial charge in [-0.2, -0.15) is 0 Å². The molecule has 5 rings (SSSR count). The zero-order valence-corrected chi connectivity index (χ0v) is 18.7. The van der Waals surface area contributed by atoms with Gasteiger partial charge in [0.25, 0.3) is 0 Å². The molecular formula is C24H22F2N8. The Balaban J connectivity index is 1.61. The summed E-state index contributed by atoms with van der Waals surface area (Å²) in [4.78, 5) is 23.6. The Morgan fingerprint density at radius 2 is 1.65 bits per heavy atom. The predicted octanol–water partition coefficient (Wildman–Crippen LogP) is 3.62.